The summed E-state index contributed by atoms with van der Waals surface area (Å²) in [6.45, 7) is 5.60. The van der Waals surface area contributed by atoms with E-state index in [1.165, 1.54) is 5.57 Å². The van der Waals surface area contributed by atoms with Crippen LogP contribution in [0.1, 0.15) is 37.1 Å². The van der Waals surface area contributed by atoms with Crippen molar-refractivity contribution < 1.29 is 9.53 Å². The van der Waals surface area contributed by atoms with Gasteiger partial charge in [-0.2, -0.15) is 0 Å². The van der Waals surface area contributed by atoms with E-state index in [-0.39, 0.29) is 17.9 Å². The number of hydrogen-bond donors (Lipinski definition) is 1. The molecule has 0 aliphatic carbocycles. The second-order valence-electron chi connectivity index (χ2n) is 7.45. The Balaban J connectivity index is 1.22. The predicted octanol–water partition coefficient (Wildman–Crippen LogP) is 2.16. The molecule has 4 heterocycles. The van der Waals surface area contributed by atoms with Gasteiger partial charge in [0.25, 0.3) is 0 Å². The molecular weight excluding hydrogens is 314 g/mol. The van der Waals surface area contributed by atoms with Crippen LogP contribution in [0.25, 0.3) is 5.57 Å². The number of rotatable bonds is 5. The molecule has 3 aliphatic rings. The Kier molecular flexibility index (Phi) is 4.86. The standard InChI is InChI=1S/C20H27N3O2/c1-14-3-2-4-18(22-14)15-7-10-23(11-8-15)12-9-21-20(24)17-13-16-5-6-19(17)25-16/h2-4,7,16-17,19H,5-6,8-13H2,1H3,(H,21,24)/t16-,17-,19+/m0/s1. The molecule has 0 unspecified atom stereocenters. The summed E-state index contributed by atoms with van der Waals surface area (Å²) >= 11 is 0. The van der Waals surface area contributed by atoms with E-state index in [2.05, 4.69) is 33.4 Å². The van der Waals surface area contributed by atoms with Crippen molar-refractivity contribution in [2.24, 2.45) is 5.92 Å². The number of pyridine rings is 1. The van der Waals surface area contributed by atoms with Gasteiger partial charge in [0.1, 0.15) is 0 Å². The minimum absolute atomic E-state index is 0.0824. The summed E-state index contributed by atoms with van der Waals surface area (Å²) in [5, 5.41) is 3.11. The van der Waals surface area contributed by atoms with Gasteiger partial charge in [-0.1, -0.05) is 12.1 Å². The predicted molar refractivity (Wildman–Crippen MR) is 97.0 cm³/mol. The molecule has 2 fully saturated rings. The second kappa shape index (κ2) is 7.26. The molecule has 2 saturated heterocycles. The van der Waals surface area contributed by atoms with Crippen molar-refractivity contribution in [3.63, 3.8) is 0 Å². The van der Waals surface area contributed by atoms with Crippen LogP contribution >= 0.6 is 0 Å². The molecule has 1 aromatic heterocycles. The van der Waals surface area contributed by atoms with E-state index in [0.29, 0.717) is 6.10 Å². The number of hydrogen-bond acceptors (Lipinski definition) is 4. The maximum atomic E-state index is 12.3. The summed E-state index contributed by atoms with van der Waals surface area (Å²) in [4.78, 5) is 19.3. The lowest BCUT2D eigenvalue weighted by Gasteiger charge is -2.26. The SMILES string of the molecule is Cc1cccc(C2=CCN(CCNC(=O)[C@H]3C[C@@H]4CC[C@H]3O4)CC2)n1. The van der Waals surface area contributed by atoms with Gasteiger partial charge < -0.3 is 10.1 Å². The highest BCUT2D eigenvalue weighted by Gasteiger charge is 2.44. The van der Waals surface area contributed by atoms with Gasteiger partial charge in [0.15, 0.2) is 0 Å². The summed E-state index contributed by atoms with van der Waals surface area (Å²) in [7, 11) is 0. The maximum absolute atomic E-state index is 12.3. The number of amides is 1. The van der Waals surface area contributed by atoms with Crippen LogP contribution in [0.4, 0.5) is 0 Å². The van der Waals surface area contributed by atoms with Crippen molar-refractivity contribution in [2.45, 2.75) is 44.8 Å². The lowest BCUT2D eigenvalue weighted by molar-refractivity contribution is -0.126. The topological polar surface area (TPSA) is 54.5 Å². The van der Waals surface area contributed by atoms with Crippen molar-refractivity contribution in [3.8, 4) is 0 Å². The zero-order valence-corrected chi connectivity index (χ0v) is 14.9. The van der Waals surface area contributed by atoms with Crippen molar-refractivity contribution in [1.82, 2.24) is 15.2 Å². The number of ether oxygens (including phenoxy) is 1. The van der Waals surface area contributed by atoms with E-state index in [9.17, 15) is 4.79 Å². The Bertz CT molecular complexity index is 673. The van der Waals surface area contributed by atoms with Crippen molar-refractivity contribution in [2.75, 3.05) is 26.2 Å². The lowest BCUT2D eigenvalue weighted by Crippen LogP contribution is -2.41. The zero-order chi connectivity index (χ0) is 17.2. The van der Waals surface area contributed by atoms with Gasteiger partial charge in [0.2, 0.25) is 5.91 Å². The molecule has 1 N–H and O–H groups in total. The van der Waals surface area contributed by atoms with Gasteiger partial charge in [-0.3, -0.25) is 14.7 Å². The average Bonchev–Trinajstić information content (AvgIpc) is 3.26. The molecule has 3 aliphatic heterocycles. The Morgan fingerprint density at radius 3 is 3.00 bits per heavy atom. The first-order valence-corrected chi connectivity index (χ1v) is 9.47. The fourth-order valence-corrected chi connectivity index (χ4v) is 4.25. The van der Waals surface area contributed by atoms with Crippen LogP contribution in [0.5, 0.6) is 0 Å². The van der Waals surface area contributed by atoms with E-state index in [1.54, 1.807) is 0 Å². The normalized spacial score (nSPS) is 28.8. The van der Waals surface area contributed by atoms with Gasteiger partial charge >= 0.3 is 0 Å². The molecule has 1 aromatic rings. The number of carbonyl (C=O) groups is 1. The summed E-state index contributed by atoms with van der Waals surface area (Å²) in [6.07, 6.45) is 6.90. The van der Waals surface area contributed by atoms with E-state index < -0.39 is 0 Å². The number of aromatic nitrogens is 1. The van der Waals surface area contributed by atoms with Crippen LogP contribution in [0.3, 0.4) is 0 Å². The molecule has 4 rings (SSSR count). The molecule has 0 saturated carbocycles. The van der Waals surface area contributed by atoms with E-state index >= 15 is 0 Å². The summed E-state index contributed by atoms with van der Waals surface area (Å²) in [5.41, 5.74) is 3.50. The minimum Gasteiger partial charge on any atom is -0.374 e. The fourth-order valence-electron chi connectivity index (χ4n) is 4.25. The van der Waals surface area contributed by atoms with Crippen molar-refractivity contribution >= 4 is 11.5 Å². The zero-order valence-electron chi connectivity index (χ0n) is 14.9. The molecular formula is C20H27N3O2. The number of nitrogens with one attached hydrogen (secondary N) is 1. The largest absolute Gasteiger partial charge is 0.374 e. The first-order chi connectivity index (χ1) is 12.2. The third-order valence-corrected chi connectivity index (χ3v) is 5.68. The highest BCUT2D eigenvalue weighted by Crippen LogP contribution is 2.38. The number of carbonyl (C=O) groups excluding carboxylic acids is 1. The Labute approximate surface area is 149 Å². The molecule has 2 bridgehead atoms. The van der Waals surface area contributed by atoms with Gasteiger partial charge in [0.05, 0.1) is 23.8 Å². The van der Waals surface area contributed by atoms with Gasteiger partial charge in [-0.25, -0.2) is 0 Å². The molecule has 1 amide bonds. The maximum Gasteiger partial charge on any atom is 0.225 e. The molecule has 0 radical (unpaired) electrons. The Morgan fingerprint density at radius 1 is 1.40 bits per heavy atom. The third-order valence-electron chi connectivity index (χ3n) is 5.68. The number of aryl methyl sites for hydroxylation is 1. The molecule has 5 nitrogen and oxygen atoms in total. The molecule has 0 spiro atoms. The van der Waals surface area contributed by atoms with Crippen LogP contribution in [0, 0.1) is 12.8 Å². The van der Waals surface area contributed by atoms with E-state index in [0.717, 1.165) is 63.3 Å². The Morgan fingerprint density at radius 2 is 2.32 bits per heavy atom. The summed E-state index contributed by atoms with van der Waals surface area (Å²) in [6, 6.07) is 6.19. The molecule has 3 atom stereocenters. The summed E-state index contributed by atoms with van der Waals surface area (Å²) in [5.74, 6) is 0.267. The Hall–Kier alpha value is -1.72. The number of fused-ring (bicyclic) bond motifs is 2. The van der Waals surface area contributed by atoms with Gasteiger partial charge in [-0.05, 0) is 50.3 Å². The molecule has 134 valence electrons. The quantitative estimate of drug-likeness (QED) is 0.892. The van der Waals surface area contributed by atoms with Crippen LogP contribution in [0.2, 0.25) is 0 Å². The number of nitrogens with zero attached hydrogens (tertiary/aromatic N) is 2. The second-order valence-corrected chi connectivity index (χ2v) is 7.45. The fraction of sp³-hybridized carbons (Fsp3) is 0.600. The van der Waals surface area contributed by atoms with Crippen LogP contribution < -0.4 is 5.32 Å². The van der Waals surface area contributed by atoms with Crippen LogP contribution in [0.15, 0.2) is 24.3 Å². The summed E-state index contributed by atoms with van der Waals surface area (Å²) < 4.78 is 5.78. The van der Waals surface area contributed by atoms with Crippen LogP contribution in [-0.2, 0) is 9.53 Å². The van der Waals surface area contributed by atoms with E-state index in [1.807, 2.05) is 13.0 Å². The first-order valence-electron chi connectivity index (χ1n) is 9.47. The smallest absolute Gasteiger partial charge is 0.225 e. The van der Waals surface area contributed by atoms with Gasteiger partial charge in [0, 0.05) is 31.9 Å². The molecule has 25 heavy (non-hydrogen) atoms. The van der Waals surface area contributed by atoms with Crippen LogP contribution in [-0.4, -0.2) is 54.2 Å². The van der Waals surface area contributed by atoms with E-state index in [4.69, 9.17) is 4.74 Å². The third kappa shape index (κ3) is 3.77. The molecule has 5 heteroatoms. The molecule has 0 aromatic carbocycles. The average molecular weight is 341 g/mol. The monoisotopic (exact) mass is 341 g/mol. The highest BCUT2D eigenvalue weighted by molar-refractivity contribution is 5.79. The first kappa shape index (κ1) is 16.7. The van der Waals surface area contributed by atoms with Crippen molar-refractivity contribution in [1.29, 1.82) is 0 Å². The lowest BCUT2D eigenvalue weighted by atomic mass is 9.88. The van der Waals surface area contributed by atoms with Gasteiger partial charge in [-0.15, -0.1) is 0 Å². The minimum atomic E-state index is 0.0824. The highest BCUT2D eigenvalue weighted by atomic mass is 16.5. The van der Waals surface area contributed by atoms with Crippen molar-refractivity contribution in [3.05, 3.63) is 35.7 Å².